The van der Waals surface area contributed by atoms with Crippen LogP contribution in [0.2, 0.25) is 0 Å². The molecule has 1 aromatic heterocycles. The molecule has 2 heterocycles. The van der Waals surface area contributed by atoms with Crippen LogP contribution in [0.25, 0.3) is 10.9 Å². The second-order valence-corrected chi connectivity index (χ2v) is 6.81. The maximum atomic E-state index is 12.8. The zero-order valence-corrected chi connectivity index (χ0v) is 15.7. The van der Waals surface area contributed by atoms with Crippen LogP contribution in [0, 0.1) is 0 Å². The molecule has 2 aromatic carbocycles. The SMILES string of the molecule is CCOc1ccc2[nH]c3c(c2c1)CN(C(=O)Cc1ccc(OC)cc1)CC3. The Morgan fingerprint density at radius 1 is 1.15 bits per heavy atom. The van der Waals surface area contributed by atoms with Gasteiger partial charge in [-0.2, -0.15) is 0 Å². The number of rotatable bonds is 5. The number of hydrogen-bond donors (Lipinski definition) is 1. The van der Waals surface area contributed by atoms with Gasteiger partial charge >= 0.3 is 0 Å². The summed E-state index contributed by atoms with van der Waals surface area (Å²) in [6, 6.07) is 13.8. The molecule has 1 aliphatic heterocycles. The molecule has 4 rings (SSSR count). The van der Waals surface area contributed by atoms with Crippen molar-refractivity contribution >= 4 is 16.8 Å². The number of H-pyrrole nitrogens is 1. The molecule has 0 bridgehead atoms. The van der Waals surface area contributed by atoms with Crippen LogP contribution in [0.15, 0.2) is 42.5 Å². The van der Waals surface area contributed by atoms with Gasteiger partial charge in [-0.15, -0.1) is 0 Å². The lowest BCUT2D eigenvalue weighted by molar-refractivity contribution is -0.131. The van der Waals surface area contributed by atoms with Gasteiger partial charge in [0.05, 0.1) is 20.1 Å². The highest BCUT2D eigenvalue weighted by Gasteiger charge is 2.24. The van der Waals surface area contributed by atoms with Gasteiger partial charge < -0.3 is 19.4 Å². The maximum Gasteiger partial charge on any atom is 0.227 e. The Morgan fingerprint density at radius 2 is 1.93 bits per heavy atom. The largest absolute Gasteiger partial charge is 0.497 e. The molecule has 1 aliphatic rings. The first-order valence-corrected chi connectivity index (χ1v) is 9.35. The van der Waals surface area contributed by atoms with Crippen molar-refractivity contribution in [3.05, 3.63) is 59.3 Å². The van der Waals surface area contributed by atoms with Gasteiger partial charge in [-0.3, -0.25) is 4.79 Å². The number of carbonyl (C=O) groups is 1. The van der Waals surface area contributed by atoms with Crippen LogP contribution in [-0.2, 0) is 24.2 Å². The van der Waals surface area contributed by atoms with Crippen LogP contribution in [-0.4, -0.2) is 36.1 Å². The van der Waals surface area contributed by atoms with Crippen molar-refractivity contribution in [2.24, 2.45) is 0 Å². The van der Waals surface area contributed by atoms with E-state index in [0.717, 1.165) is 40.9 Å². The van der Waals surface area contributed by atoms with Crippen molar-refractivity contribution in [3.63, 3.8) is 0 Å². The summed E-state index contributed by atoms with van der Waals surface area (Å²) in [6.45, 7) is 4.01. The lowest BCUT2D eigenvalue weighted by atomic mass is 10.0. The summed E-state index contributed by atoms with van der Waals surface area (Å²) in [5.74, 6) is 1.83. The number of fused-ring (bicyclic) bond motifs is 3. The molecule has 0 saturated carbocycles. The van der Waals surface area contributed by atoms with Gasteiger partial charge in [-0.1, -0.05) is 12.1 Å². The van der Waals surface area contributed by atoms with Crippen LogP contribution in [0.4, 0.5) is 0 Å². The summed E-state index contributed by atoms with van der Waals surface area (Å²) < 4.78 is 10.8. The number of hydrogen-bond acceptors (Lipinski definition) is 3. The molecule has 5 nitrogen and oxygen atoms in total. The highest BCUT2D eigenvalue weighted by Crippen LogP contribution is 2.30. The van der Waals surface area contributed by atoms with E-state index in [0.29, 0.717) is 19.6 Å². The summed E-state index contributed by atoms with van der Waals surface area (Å²) in [5.41, 5.74) is 4.55. The fraction of sp³-hybridized carbons (Fsp3) is 0.318. The smallest absolute Gasteiger partial charge is 0.227 e. The number of benzene rings is 2. The molecular formula is C22H24N2O3. The summed E-state index contributed by atoms with van der Waals surface area (Å²) >= 11 is 0. The lowest BCUT2D eigenvalue weighted by Crippen LogP contribution is -2.36. The van der Waals surface area contributed by atoms with E-state index in [4.69, 9.17) is 9.47 Å². The van der Waals surface area contributed by atoms with Crippen molar-refractivity contribution in [3.8, 4) is 11.5 Å². The quantitative estimate of drug-likeness (QED) is 0.751. The van der Waals surface area contributed by atoms with Gasteiger partial charge in [0.2, 0.25) is 5.91 Å². The number of aromatic nitrogens is 1. The summed E-state index contributed by atoms with van der Waals surface area (Å²) in [6.07, 6.45) is 1.26. The Hall–Kier alpha value is -2.95. The molecule has 0 fully saturated rings. The monoisotopic (exact) mass is 364 g/mol. The molecule has 27 heavy (non-hydrogen) atoms. The van der Waals surface area contributed by atoms with Crippen molar-refractivity contribution in [2.45, 2.75) is 26.3 Å². The van der Waals surface area contributed by atoms with E-state index in [9.17, 15) is 4.79 Å². The molecule has 5 heteroatoms. The fourth-order valence-corrected chi connectivity index (χ4v) is 3.69. The maximum absolute atomic E-state index is 12.8. The molecule has 0 unspecified atom stereocenters. The molecule has 0 atom stereocenters. The second-order valence-electron chi connectivity index (χ2n) is 6.81. The number of carbonyl (C=O) groups excluding carboxylic acids is 1. The predicted molar refractivity (Wildman–Crippen MR) is 105 cm³/mol. The first-order valence-electron chi connectivity index (χ1n) is 9.35. The van der Waals surface area contributed by atoms with Gasteiger partial charge in [-0.25, -0.2) is 0 Å². The van der Waals surface area contributed by atoms with Gasteiger partial charge in [0.15, 0.2) is 0 Å². The van der Waals surface area contributed by atoms with Gasteiger partial charge in [0.25, 0.3) is 0 Å². The van der Waals surface area contributed by atoms with Crippen molar-refractivity contribution in [2.75, 3.05) is 20.3 Å². The highest BCUT2D eigenvalue weighted by atomic mass is 16.5. The Bertz CT molecular complexity index is 960. The average Bonchev–Trinajstić information content (AvgIpc) is 3.06. The first kappa shape index (κ1) is 17.5. The summed E-state index contributed by atoms with van der Waals surface area (Å²) in [4.78, 5) is 18.3. The molecule has 0 saturated heterocycles. The molecule has 0 spiro atoms. The highest BCUT2D eigenvalue weighted by molar-refractivity contribution is 5.87. The number of nitrogens with zero attached hydrogens (tertiary/aromatic N) is 1. The molecule has 3 aromatic rings. The second kappa shape index (κ2) is 7.35. The predicted octanol–water partition coefficient (Wildman–Crippen LogP) is 3.70. The van der Waals surface area contributed by atoms with Crippen LogP contribution >= 0.6 is 0 Å². The van der Waals surface area contributed by atoms with E-state index in [1.807, 2.05) is 42.2 Å². The number of nitrogens with one attached hydrogen (secondary N) is 1. The molecule has 1 amide bonds. The first-order chi connectivity index (χ1) is 13.2. The fourth-order valence-electron chi connectivity index (χ4n) is 3.69. The van der Waals surface area contributed by atoms with Crippen LogP contribution < -0.4 is 9.47 Å². The minimum atomic E-state index is 0.154. The zero-order valence-electron chi connectivity index (χ0n) is 15.7. The molecular weight excluding hydrogens is 340 g/mol. The zero-order chi connectivity index (χ0) is 18.8. The third-order valence-electron chi connectivity index (χ3n) is 5.12. The summed E-state index contributed by atoms with van der Waals surface area (Å²) in [7, 11) is 1.64. The van der Waals surface area contributed by atoms with Crippen LogP contribution in [0.3, 0.4) is 0 Å². The molecule has 140 valence electrons. The van der Waals surface area contributed by atoms with Crippen molar-refractivity contribution in [1.29, 1.82) is 0 Å². The molecule has 0 radical (unpaired) electrons. The van der Waals surface area contributed by atoms with Gasteiger partial charge in [0.1, 0.15) is 11.5 Å². The van der Waals surface area contributed by atoms with Crippen molar-refractivity contribution in [1.82, 2.24) is 9.88 Å². The van der Waals surface area contributed by atoms with E-state index < -0.39 is 0 Å². The third-order valence-corrected chi connectivity index (χ3v) is 5.12. The Labute approximate surface area is 158 Å². The lowest BCUT2D eigenvalue weighted by Gasteiger charge is -2.27. The average molecular weight is 364 g/mol. The summed E-state index contributed by atoms with van der Waals surface area (Å²) in [5, 5.41) is 1.15. The number of aromatic amines is 1. The van der Waals surface area contributed by atoms with Gasteiger partial charge in [0, 0.05) is 41.7 Å². The number of ether oxygens (including phenoxy) is 2. The van der Waals surface area contributed by atoms with Gasteiger partial charge in [-0.05, 0) is 42.8 Å². The van der Waals surface area contributed by atoms with E-state index in [1.54, 1.807) is 7.11 Å². The van der Waals surface area contributed by atoms with Crippen LogP contribution in [0.5, 0.6) is 11.5 Å². The van der Waals surface area contributed by atoms with Crippen molar-refractivity contribution < 1.29 is 14.3 Å². The Morgan fingerprint density at radius 3 is 2.67 bits per heavy atom. The normalized spacial score (nSPS) is 13.5. The van der Waals surface area contributed by atoms with E-state index in [2.05, 4.69) is 17.1 Å². The van der Waals surface area contributed by atoms with E-state index in [1.165, 1.54) is 11.3 Å². The molecule has 1 N–H and O–H groups in total. The number of amides is 1. The van der Waals surface area contributed by atoms with Crippen LogP contribution in [0.1, 0.15) is 23.7 Å². The van der Waals surface area contributed by atoms with E-state index >= 15 is 0 Å². The molecule has 0 aliphatic carbocycles. The topological polar surface area (TPSA) is 54.6 Å². The number of methoxy groups -OCH3 is 1. The standard InChI is InChI=1S/C22H24N2O3/c1-3-27-17-8-9-20-18(13-17)19-14-24(11-10-21(19)23-20)22(25)12-15-4-6-16(26-2)7-5-15/h4-9,13,23H,3,10-12,14H2,1-2H3. The Kier molecular flexibility index (Phi) is 4.75. The minimum absolute atomic E-state index is 0.154. The van der Waals surface area contributed by atoms with E-state index in [-0.39, 0.29) is 5.91 Å². The minimum Gasteiger partial charge on any atom is -0.497 e. The third kappa shape index (κ3) is 3.50. The Balaban J connectivity index is 1.53.